The summed E-state index contributed by atoms with van der Waals surface area (Å²) in [5, 5.41) is 7.31. The minimum Gasteiger partial charge on any atom is -0.349 e. The first kappa shape index (κ1) is 15.7. The third kappa shape index (κ3) is 2.99. The predicted octanol–water partition coefficient (Wildman–Crippen LogP) is 3.37. The molecular weight excluding hydrogens is 319 g/mol. The third-order valence-corrected chi connectivity index (χ3v) is 4.70. The van der Waals surface area contributed by atoms with Gasteiger partial charge in [0.05, 0.1) is 11.9 Å². The van der Waals surface area contributed by atoms with Crippen LogP contribution in [-0.4, -0.2) is 26.5 Å². The molecule has 5 nitrogen and oxygen atoms in total. The average Bonchev–Trinajstić information content (AvgIpc) is 3.34. The largest absolute Gasteiger partial charge is 0.349 e. The fraction of sp³-hybridized carbons (Fsp3) is 0.316. The number of aryl methyl sites for hydroxylation is 1. The number of nitrogens with zero attached hydrogens (tertiary/aromatic N) is 3. The number of carbonyl (C=O) groups is 1. The molecular formula is C19H19FN4O. The second kappa shape index (κ2) is 5.95. The Kier molecular flexibility index (Phi) is 3.75. The lowest BCUT2D eigenvalue weighted by atomic mass is 10.1. The molecule has 0 aliphatic heterocycles. The van der Waals surface area contributed by atoms with Gasteiger partial charge in [-0.2, -0.15) is 5.10 Å². The van der Waals surface area contributed by atoms with Crippen LogP contribution in [0.15, 0.2) is 36.5 Å². The molecule has 0 radical (unpaired) electrons. The molecule has 1 saturated carbocycles. The molecule has 1 amide bonds. The molecule has 3 aromatic rings. The van der Waals surface area contributed by atoms with Crippen molar-refractivity contribution >= 4 is 11.6 Å². The van der Waals surface area contributed by atoms with Crippen LogP contribution in [0.25, 0.3) is 16.9 Å². The zero-order valence-corrected chi connectivity index (χ0v) is 14.2. The molecule has 0 saturated heterocycles. The van der Waals surface area contributed by atoms with Gasteiger partial charge in [0.1, 0.15) is 11.4 Å². The molecule has 4 rings (SSSR count). The Bertz CT molecular complexity index is 961. The van der Waals surface area contributed by atoms with Crippen LogP contribution in [0.5, 0.6) is 0 Å². The van der Waals surface area contributed by atoms with Crippen molar-refractivity contribution in [2.24, 2.45) is 5.92 Å². The Morgan fingerprint density at radius 3 is 2.88 bits per heavy atom. The Morgan fingerprint density at radius 1 is 1.36 bits per heavy atom. The molecule has 25 heavy (non-hydrogen) atoms. The fourth-order valence-electron chi connectivity index (χ4n) is 3.07. The van der Waals surface area contributed by atoms with E-state index in [0.717, 1.165) is 18.5 Å². The maximum absolute atomic E-state index is 13.5. The van der Waals surface area contributed by atoms with Gasteiger partial charge in [-0.3, -0.25) is 4.79 Å². The van der Waals surface area contributed by atoms with E-state index in [0.29, 0.717) is 28.4 Å². The van der Waals surface area contributed by atoms with Crippen molar-refractivity contribution in [2.75, 3.05) is 0 Å². The Morgan fingerprint density at radius 2 is 2.16 bits per heavy atom. The van der Waals surface area contributed by atoms with Gasteiger partial charge in [0.2, 0.25) is 0 Å². The van der Waals surface area contributed by atoms with Crippen molar-refractivity contribution in [3.05, 3.63) is 53.6 Å². The molecule has 2 aromatic heterocycles. The summed E-state index contributed by atoms with van der Waals surface area (Å²) in [6.07, 6.45) is 3.87. The molecule has 6 heteroatoms. The Balaban J connectivity index is 1.74. The third-order valence-electron chi connectivity index (χ3n) is 4.70. The van der Waals surface area contributed by atoms with Gasteiger partial charge in [-0.1, -0.05) is 12.1 Å². The molecule has 1 aromatic carbocycles. The van der Waals surface area contributed by atoms with Crippen LogP contribution >= 0.6 is 0 Å². The van der Waals surface area contributed by atoms with Gasteiger partial charge in [-0.05, 0) is 50.8 Å². The van der Waals surface area contributed by atoms with Crippen LogP contribution in [0.3, 0.4) is 0 Å². The van der Waals surface area contributed by atoms with E-state index in [4.69, 9.17) is 0 Å². The minimum absolute atomic E-state index is 0.148. The van der Waals surface area contributed by atoms with Crippen LogP contribution in [0, 0.1) is 18.7 Å². The molecule has 0 bridgehead atoms. The highest BCUT2D eigenvalue weighted by molar-refractivity contribution is 6.00. The van der Waals surface area contributed by atoms with Gasteiger partial charge >= 0.3 is 0 Å². The van der Waals surface area contributed by atoms with Crippen molar-refractivity contribution in [1.82, 2.24) is 19.9 Å². The SMILES string of the molecule is Cc1cc(-c2cccc(F)c2)nc2c(C(=O)NC(C)C3CC3)cnn12. The molecule has 1 aliphatic carbocycles. The number of hydrogen-bond acceptors (Lipinski definition) is 3. The number of aromatic nitrogens is 3. The summed E-state index contributed by atoms with van der Waals surface area (Å²) >= 11 is 0. The van der Waals surface area contributed by atoms with Crippen molar-refractivity contribution in [2.45, 2.75) is 32.7 Å². The summed E-state index contributed by atoms with van der Waals surface area (Å²) in [5.74, 6) is 0.0857. The van der Waals surface area contributed by atoms with Gasteiger partial charge in [0.15, 0.2) is 5.65 Å². The van der Waals surface area contributed by atoms with Gasteiger partial charge in [-0.25, -0.2) is 13.9 Å². The Hall–Kier alpha value is -2.76. The van der Waals surface area contributed by atoms with Gasteiger partial charge in [0, 0.05) is 17.3 Å². The first-order valence-electron chi connectivity index (χ1n) is 8.45. The smallest absolute Gasteiger partial charge is 0.256 e. The molecule has 1 fully saturated rings. The number of fused-ring (bicyclic) bond motifs is 1. The van der Waals surface area contributed by atoms with E-state index in [1.807, 2.05) is 19.9 Å². The van der Waals surface area contributed by atoms with E-state index in [9.17, 15) is 9.18 Å². The predicted molar refractivity (Wildman–Crippen MR) is 92.8 cm³/mol. The second-order valence-corrected chi connectivity index (χ2v) is 6.69. The maximum atomic E-state index is 13.5. The first-order chi connectivity index (χ1) is 12.0. The molecule has 2 heterocycles. The minimum atomic E-state index is -0.318. The number of nitrogens with one attached hydrogen (secondary N) is 1. The quantitative estimate of drug-likeness (QED) is 0.793. The highest BCUT2D eigenvalue weighted by Crippen LogP contribution is 2.32. The second-order valence-electron chi connectivity index (χ2n) is 6.69. The number of rotatable bonds is 4. The number of hydrogen-bond donors (Lipinski definition) is 1. The number of benzene rings is 1. The van der Waals surface area contributed by atoms with E-state index < -0.39 is 0 Å². The summed E-state index contributed by atoms with van der Waals surface area (Å²) in [4.78, 5) is 17.2. The van der Waals surface area contributed by atoms with E-state index in [-0.39, 0.29) is 17.8 Å². The number of carbonyl (C=O) groups excluding carboxylic acids is 1. The topological polar surface area (TPSA) is 59.3 Å². The summed E-state index contributed by atoms with van der Waals surface area (Å²) in [7, 11) is 0. The van der Waals surface area contributed by atoms with Gasteiger partial charge < -0.3 is 5.32 Å². The molecule has 1 unspecified atom stereocenters. The molecule has 1 N–H and O–H groups in total. The van der Waals surface area contributed by atoms with Gasteiger partial charge in [-0.15, -0.1) is 0 Å². The number of halogens is 1. The standard InChI is InChI=1S/C19H19FN4O/c1-11-8-17(14-4-3-5-15(20)9-14)23-18-16(10-21-24(11)18)19(25)22-12(2)13-6-7-13/h3-5,8-10,12-13H,6-7H2,1-2H3,(H,22,25). The van der Waals surface area contributed by atoms with E-state index >= 15 is 0 Å². The number of amides is 1. The monoisotopic (exact) mass is 338 g/mol. The lowest BCUT2D eigenvalue weighted by Crippen LogP contribution is -2.34. The van der Waals surface area contributed by atoms with Crippen molar-refractivity contribution in [1.29, 1.82) is 0 Å². The average molecular weight is 338 g/mol. The van der Waals surface area contributed by atoms with Crippen LogP contribution < -0.4 is 5.32 Å². The van der Waals surface area contributed by atoms with E-state index in [1.165, 1.54) is 12.1 Å². The molecule has 1 atom stereocenters. The van der Waals surface area contributed by atoms with Crippen molar-refractivity contribution in [3.63, 3.8) is 0 Å². The van der Waals surface area contributed by atoms with E-state index in [1.54, 1.807) is 22.8 Å². The highest BCUT2D eigenvalue weighted by Gasteiger charge is 2.29. The lowest BCUT2D eigenvalue weighted by Gasteiger charge is -2.12. The van der Waals surface area contributed by atoms with Crippen LogP contribution in [0.1, 0.15) is 35.8 Å². The Labute approximate surface area is 144 Å². The van der Waals surface area contributed by atoms with Gasteiger partial charge in [0.25, 0.3) is 5.91 Å². The molecule has 0 spiro atoms. The first-order valence-corrected chi connectivity index (χ1v) is 8.45. The normalized spacial score (nSPS) is 15.3. The summed E-state index contributed by atoms with van der Waals surface area (Å²) in [6, 6.07) is 8.26. The zero-order valence-electron chi connectivity index (χ0n) is 14.2. The lowest BCUT2D eigenvalue weighted by molar-refractivity contribution is 0.0937. The molecule has 128 valence electrons. The zero-order chi connectivity index (χ0) is 17.6. The highest BCUT2D eigenvalue weighted by atomic mass is 19.1. The van der Waals surface area contributed by atoms with E-state index in [2.05, 4.69) is 15.4 Å². The van der Waals surface area contributed by atoms with Crippen molar-refractivity contribution < 1.29 is 9.18 Å². The summed E-state index contributed by atoms with van der Waals surface area (Å²) in [6.45, 7) is 3.91. The van der Waals surface area contributed by atoms with Crippen LogP contribution in [0.2, 0.25) is 0 Å². The molecule has 1 aliphatic rings. The van der Waals surface area contributed by atoms with Crippen LogP contribution in [-0.2, 0) is 0 Å². The fourth-order valence-corrected chi connectivity index (χ4v) is 3.07. The maximum Gasteiger partial charge on any atom is 0.256 e. The summed E-state index contributed by atoms with van der Waals surface area (Å²) < 4.78 is 15.2. The summed E-state index contributed by atoms with van der Waals surface area (Å²) in [5.41, 5.74) is 3.05. The van der Waals surface area contributed by atoms with Crippen LogP contribution in [0.4, 0.5) is 4.39 Å². The van der Waals surface area contributed by atoms with Crippen molar-refractivity contribution in [3.8, 4) is 11.3 Å².